The van der Waals surface area contributed by atoms with E-state index >= 15 is 0 Å². The number of para-hydroxylation sites is 1. The van der Waals surface area contributed by atoms with Crippen LogP contribution in [0.4, 0.5) is 0 Å². The summed E-state index contributed by atoms with van der Waals surface area (Å²) in [6, 6.07) is 35.1. The smallest absolute Gasteiger partial charge is 0.313 e. The summed E-state index contributed by atoms with van der Waals surface area (Å²) in [7, 11) is 0. The number of esters is 1. The number of fused-ring (bicyclic) bond motifs is 2. The lowest BCUT2D eigenvalue weighted by atomic mass is 9.88. The first-order chi connectivity index (χ1) is 19.1. The number of thiophene rings is 1. The minimum absolute atomic E-state index is 0.200. The third-order valence-electron chi connectivity index (χ3n) is 7.20. The van der Waals surface area contributed by atoms with Crippen molar-refractivity contribution < 1.29 is 9.53 Å². The van der Waals surface area contributed by atoms with Crippen molar-refractivity contribution in [2.45, 2.75) is 25.8 Å². The van der Waals surface area contributed by atoms with Crippen LogP contribution >= 0.6 is 22.9 Å². The average molecular weight is 550 g/mol. The molecule has 2 heterocycles. The molecular weight excluding hydrogens is 522 g/mol. The molecule has 0 fully saturated rings. The van der Waals surface area contributed by atoms with Gasteiger partial charge in [0.2, 0.25) is 0 Å². The van der Waals surface area contributed by atoms with Gasteiger partial charge in [-0.25, -0.2) is 0 Å². The quantitative estimate of drug-likeness (QED) is 0.177. The highest BCUT2D eigenvalue weighted by molar-refractivity contribution is 7.17. The van der Waals surface area contributed by atoms with Crippen molar-refractivity contribution >= 4 is 49.9 Å². The zero-order valence-electron chi connectivity index (χ0n) is 21.6. The van der Waals surface area contributed by atoms with Gasteiger partial charge in [0.1, 0.15) is 0 Å². The van der Waals surface area contributed by atoms with Crippen LogP contribution in [0.3, 0.4) is 0 Å². The van der Waals surface area contributed by atoms with Gasteiger partial charge in [0.05, 0.1) is 18.2 Å². The second-order valence-corrected chi connectivity index (χ2v) is 11.0. The SMILES string of the molecule is CCOC(=O)C(Cc1ccccc1)c1c(-c2ccccc2)n(Cc2csc3ccc(Cl)cc23)c2ccccc12. The molecule has 0 aliphatic heterocycles. The van der Waals surface area contributed by atoms with Crippen LogP contribution in [0.5, 0.6) is 0 Å². The molecule has 39 heavy (non-hydrogen) atoms. The Morgan fingerprint density at radius 1 is 0.897 bits per heavy atom. The summed E-state index contributed by atoms with van der Waals surface area (Å²) in [5.74, 6) is -0.656. The second-order valence-electron chi connectivity index (χ2n) is 9.63. The van der Waals surface area contributed by atoms with E-state index in [0.29, 0.717) is 19.6 Å². The Labute approximate surface area is 237 Å². The number of nitrogens with zero attached hydrogens (tertiary/aromatic N) is 1. The molecule has 0 spiro atoms. The minimum atomic E-state index is -0.456. The van der Waals surface area contributed by atoms with Gasteiger partial charge in [0.15, 0.2) is 0 Å². The third kappa shape index (κ3) is 4.98. The van der Waals surface area contributed by atoms with Crippen molar-refractivity contribution in [2.75, 3.05) is 6.61 Å². The van der Waals surface area contributed by atoms with Gasteiger partial charge >= 0.3 is 5.97 Å². The molecular formula is C34H28ClNO2S. The predicted molar refractivity (Wildman–Crippen MR) is 163 cm³/mol. The number of hydrogen-bond acceptors (Lipinski definition) is 3. The molecule has 3 nitrogen and oxygen atoms in total. The van der Waals surface area contributed by atoms with Gasteiger partial charge in [0, 0.05) is 32.7 Å². The first-order valence-corrected chi connectivity index (χ1v) is 14.4. The Morgan fingerprint density at radius 2 is 1.62 bits per heavy atom. The molecule has 1 atom stereocenters. The maximum atomic E-state index is 13.7. The lowest BCUT2D eigenvalue weighted by Crippen LogP contribution is -2.19. The van der Waals surface area contributed by atoms with E-state index in [1.165, 1.54) is 10.3 Å². The molecule has 6 aromatic rings. The van der Waals surface area contributed by atoms with Gasteiger partial charge in [-0.15, -0.1) is 11.3 Å². The highest BCUT2D eigenvalue weighted by Gasteiger charge is 2.31. The molecule has 0 saturated carbocycles. The van der Waals surface area contributed by atoms with Gasteiger partial charge < -0.3 is 9.30 Å². The molecule has 1 unspecified atom stereocenters. The molecule has 0 aliphatic carbocycles. The summed E-state index contributed by atoms with van der Waals surface area (Å²) in [5.41, 5.74) is 6.53. The first-order valence-electron chi connectivity index (χ1n) is 13.2. The normalized spacial score (nSPS) is 12.2. The third-order valence-corrected chi connectivity index (χ3v) is 8.45. The Bertz CT molecular complexity index is 1750. The number of halogens is 1. The Kier molecular flexibility index (Phi) is 7.23. The lowest BCUT2D eigenvalue weighted by Gasteiger charge is -2.19. The number of aromatic nitrogens is 1. The second kappa shape index (κ2) is 11.1. The van der Waals surface area contributed by atoms with Crippen molar-refractivity contribution in [3.05, 3.63) is 130 Å². The highest BCUT2D eigenvalue weighted by atomic mass is 35.5. The Hall–Kier alpha value is -3.86. The standard InChI is InChI=1S/C34H28ClNO2S/c1-2-38-34(37)29(19-23-11-5-3-6-12-23)32-27-15-9-10-16-30(27)36(33(32)24-13-7-4-8-14-24)21-25-22-39-31-18-17-26(35)20-28(25)31/h3-18,20,22,29H,2,19,21H2,1H3. The Balaban J connectivity index is 1.61. The number of carbonyl (C=O) groups is 1. The van der Waals surface area contributed by atoms with E-state index in [-0.39, 0.29) is 5.97 Å². The van der Waals surface area contributed by atoms with Crippen molar-refractivity contribution in [3.63, 3.8) is 0 Å². The number of carbonyl (C=O) groups excluding carboxylic acids is 1. The summed E-state index contributed by atoms with van der Waals surface area (Å²) < 4.78 is 9.27. The number of hydrogen-bond donors (Lipinski definition) is 0. The summed E-state index contributed by atoms with van der Waals surface area (Å²) in [6.07, 6.45) is 0.560. The van der Waals surface area contributed by atoms with E-state index in [1.54, 1.807) is 11.3 Å². The molecule has 0 amide bonds. The monoisotopic (exact) mass is 549 g/mol. The number of ether oxygens (including phenoxy) is 1. The predicted octanol–water partition coefficient (Wildman–Crippen LogP) is 9.11. The van der Waals surface area contributed by atoms with Crippen LogP contribution in [0, 0.1) is 0 Å². The summed E-state index contributed by atoms with van der Waals surface area (Å²) in [4.78, 5) is 13.7. The van der Waals surface area contributed by atoms with E-state index in [1.807, 2.05) is 43.3 Å². The van der Waals surface area contributed by atoms with Gasteiger partial charge in [-0.05, 0) is 65.1 Å². The van der Waals surface area contributed by atoms with E-state index < -0.39 is 5.92 Å². The van der Waals surface area contributed by atoms with E-state index in [4.69, 9.17) is 16.3 Å². The zero-order chi connectivity index (χ0) is 26.8. The number of rotatable bonds is 8. The molecule has 4 aromatic carbocycles. The maximum absolute atomic E-state index is 13.7. The van der Waals surface area contributed by atoms with Crippen molar-refractivity contribution in [3.8, 4) is 11.3 Å². The fourth-order valence-corrected chi connectivity index (χ4v) is 6.60. The number of benzene rings is 4. The molecule has 0 saturated heterocycles. The molecule has 5 heteroatoms. The van der Waals surface area contributed by atoms with E-state index in [9.17, 15) is 4.79 Å². The zero-order valence-corrected chi connectivity index (χ0v) is 23.2. The highest BCUT2D eigenvalue weighted by Crippen LogP contribution is 2.41. The van der Waals surface area contributed by atoms with E-state index in [2.05, 4.69) is 76.7 Å². The largest absolute Gasteiger partial charge is 0.466 e. The van der Waals surface area contributed by atoms with E-state index in [0.717, 1.165) is 43.7 Å². The van der Waals surface area contributed by atoms with Crippen LogP contribution in [0.25, 0.3) is 32.2 Å². The van der Waals surface area contributed by atoms with Gasteiger partial charge in [-0.2, -0.15) is 0 Å². The van der Waals surface area contributed by atoms with Crippen LogP contribution in [-0.2, 0) is 22.5 Å². The maximum Gasteiger partial charge on any atom is 0.313 e. The molecule has 0 N–H and O–H groups in total. The van der Waals surface area contributed by atoms with Crippen LogP contribution in [0.1, 0.15) is 29.5 Å². The molecule has 194 valence electrons. The van der Waals surface area contributed by atoms with Gasteiger partial charge in [0.25, 0.3) is 0 Å². The topological polar surface area (TPSA) is 31.2 Å². The summed E-state index contributed by atoms with van der Waals surface area (Å²) in [5, 5.41) is 5.19. The summed E-state index contributed by atoms with van der Waals surface area (Å²) in [6.45, 7) is 2.86. The average Bonchev–Trinajstić information content (AvgIpc) is 3.51. The van der Waals surface area contributed by atoms with Gasteiger partial charge in [-0.3, -0.25) is 4.79 Å². The first kappa shape index (κ1) is 25.4. The van der Waals surface area contributed by atoms with Crippen molar-refractivity contribution in [2.24, 2.45) is 0 Å². The van der Waals surface area contributed by atoms with Crippen LogP contribution in [0.15, 0.2) is 109 Å². The van der Waals surface area contributed by atoms with Crippen molar-refractivity contribution in [1.29, 1.82) is 0 Å². The fourth-order valence-electron chi connectivity index (χ4n) is 5.50. The van der Waals surface area contributed by atoms with Crippen LogP contribution < -0.4 is 0 Å². The molecule has 0 aliphatic rings. The van der Waals surface area contributed by atoms with Crippen LogP contribution in [0.2, 0.25) is 5.02 Å². The lowest BCUT2D eigenvalue weighted by molar-refractivity contribution is -0.144. The summed E-state index contributed by atoms with van der Waals surface area (Å²) >= 11 is 8.14. The molecule has 0 radical (unpaired) electrons. The molecule has 6 rings (SSSR count). The van der Waals surface area contributed by atoms with Crippen molar-refractivity contribution in [1.82, 2.24) is 4.57 Å². The fraction of sp³-hybridized carbons (Fsp3) is 0.147. The molecule has 0 bridgehead atoms. The molecule has 2 aromatic heterocycles. The van der Waals surface area contributed by atoms with Gasteiger partial charge in [-0.1, -0.05) is 90.5 Å². The van der Waals surface area contributed by atoms with Crippen LogP contribution in [-0.4, -0.2) is 17.1 Å². The minimum Gasteiger partial charge on any atom is -0.466 e. The Morgan fingerprint density at radius 3 is 2.38 bits per heavy atom.